The van der Waals surface area contributed by atoms with Crippen LogP contribution < -0.4 is 10.9 Å². The van der Waals surface area contributed by atoms with Gasteiger partial charge in [-0.25, -0.2) is 14.4 Å². The maximum absolute atomic E-state index is 16.6. The number of alkyl halides is 4. The smallest absolute Gasteiger partial charge is 0.416 e. The van der Waals surface area contributed by atoms with Crippen LogP contribution in [0.25, 0.3) is 11.4 Å². The summed E-state index contributed by atoms with van der Waals surface area (Å²) >= 11 is 6.09. The van der Waals surface area contributed by atoms with Crippen molar-refractivity contribution in [2.75, 3.05) is 31.6 Å². The molecule has 0 radical (unpaired) electrons. The molecule has 1 saturated heterocycles. The summed E-state index contributed by atoms with van der Waals surface area (Å²) in [6.07, 6.45) is -4.44. The van der Waals surface area contributed by atoms with Crippen LogP contribution in [0, 0.1) is 6.92 Å². The molecule has 19 heteroatoms. The number of anilines is 1. The highest BCUT2D eigenvalue weighted by molar-refractivity contribution is 6.33. The summed E-state index contributed by atoms with van der Waals surface area (Å²) in [4.78, 5) is 54.6. The van der Waals surface area contributed by atoms with E-state index in [0.717, 1.165) is 27.9 Å². The molecule has 3 unspecified atom stereocenters. The molecule has 3 atom stereocenters. The summed E-state index contributed by atoms with van der Waals surface area (Å²) in [6, 6.07) is 2.48. The third-order valence-corrected chi connectivity index (χ3v) is 9.55. The largest absolute Gasteiger partial charge is 0.504 e. The molecule has 7 rings (SSSR count). The quantitative estimate of drug-likeness (QED) is 0.287. The molecule has 4 aromatic rings. The SMILES string of the molecule is Cc1ncnc(C(=O)N2CCC3(OC(C)c4c3c(=O)n3nc(C5=CCOCC5)nc3n4CC(=O)Nc3ccc(C(F)(F)F)cc3Cl)C(F)C2)c1O. The fraction of sp³-hybridized carbons (Fsp3) is 0.406. The van der Waals surface area contributed by atoms with E-state index in [9.17, 15) is 32.7 Å². The zero-order chi connectivity index (χ0) is 36.4. The molecule has 51 heavy (non-hydrogen) atoms. The number of aryl methyl sites for hydroxylation is 1. The van der Waals surface area contributed by atoms with Gasteiger partial charge in [0.15, 0.2) is 23.4 Å². The van der Waals surface area contributed by atoms with Crippen molar-refractivity contribution in [2.45, 2.75) is 57.3 Å². The molecule has 1 fully saturated rings. The number of ether oxygens (including phenoxy) is 2. The number of piperidine rings is 1. The molecular formula is C32H29ClF4N8O6. The van der Waals surface area contributed by atoms with Crippen LogP contribution in [0.3, 0.4) is 0 Å². The van der Waals surface area contributed by atoms with Gasteiger partial charge < -0.3 is 29.4 Å². The van der Waals surface area contributed by atoms with Gasteiger partial charge in [0.2, 0.25) is 11.7 Å². The van der Waals surface area contributed by atoms with E-state index >= 15 is 4.39 Å². The Morgan fingerprint density at radius 3 is 2.71 bits per heavy atom. The zero-order valence-electron chi connectivity index (χ0n) is 27.0. The van der Waals surface area contributed by atoms with Gasteiger partial charge in [-0.2, -0.15) is 22.7 Å². The van der Waals surface area contributed by atoms with Gasteiger partial charge in [-0.15, -0.1) is 5.10 Å². The van der Waals surface area contributed by atoms with E-state index in [4.69, 9.17) is 21.1 Å². The molecule has 2 N–H and O–H groups in total. The van der Waals surface area contributed by atoms with Gasteiger partial charge in [0.1, 0.15) is 18.5 Å². The number of carbonyl (C=O) groups is 2. The molecule has 1 aromatic carbocycles. The average Bonchev–Trinajstić information content (AvgIpc) is 3.67. The Kier molecular flexibility index (Phi) is 8.58. The summed E-state index contributed by atoms with van der Waals surface area (Å²) in [5, 5.41) is 17.0. The summed E-state index contributed by atoms with van der Waals surface area (Å²) in [5.74, 6) is -1.78. The maximum Gasteiger partial charge on any atom is 0.416 e. The van der Waals surface area contributed by atoms with Crippen LogP contribution in [0.15, 0.2) is 35.4 Å². The van der Waals surface area contributed by atoms with Crippen LogP contribution in [-0.2, 0) is 32.6 Å². The number of rotatable bonds is 5. The topological polar surface area (TPSA) is 166 Å². The second-order valence-corrected chi connectivity index (χ2v) is 12.8. The highest BCUT2D eigenvalue weighted by atomic mass is 35.5. The second kappa shape index (κ2) is 12.7. The third kappa shape index (κ3) is 5.89. The van der Waals surface area contributed by atoms with Gasteiger partial charge in [-0.05, 0) is 44.0 Å². The first kappa shape index (κ1) is 34.5. The first-order valence-electron chi connectivity index (χ1n) is 15.8. The van der Waals surface area contributed by atoms with Crippen LogP contribution in [0.2, 0.25) is 5.02 Å². The van der Waals surface area contributed by atoms with E-state index in [0.29, 0.717) is 31.3 Å². The summed E-state index contributed by atoms with van der Waals surface area (Å²) in [5.41, 5.74) is -3.10. The van der Waals surface area contributed by atoms with Gasteiger partial charge >= 0.3 is 6.18 Å². The Bertz CT molecular complexity index is 2190. The standard InChI is InChI=1S/C32H29ClF4N8O6/c1-15-26(47)24(39-14-38-15)29(49)43-8-7-31(21(34)12-43)23-25(16(2)51-31)44(13-22(46)40-20-4-3-18(11-19(20)33)32(35,36)37)30-41-27(42-45(30)28(23)48)17-5-9-50-10-6-17/h3-5,11,14,16,21,47H,6-10,12-13H2,1-2H3,(H,40,46). The lowest BCUT2D eigenvalue weighted by Crippen LogP contribution is -2.55. The molecule has 0 saturated carbocycles. The number of carbonyl (C=O) groups excluding carboxylic acids is 2. The van der Waals surface area contributed by atoms with Crippen molar-refractivity contribution >= 4 is 40.5 Å². The number of aromatic nitrogens is 6. The first-order chi connectivity index (χ1) is 24.2. The minimum absolute atomic E-state index is 0.0556. The predicted molar refractivity (Wildman–Crippen MR) is 171 cm³/mol. The summed E-state index contributed by atoms with van der Waals surface area (Å²) < 4.78 is 70.2. The lowest BCUT2D eigenvalue weighted by atomic mass is 9.83. The van der Waals surface area contributed by atoms with Gasteiger partial charge in [-0.1, -0.05) is 17.7 Å². The Morgan fingerprint density at radius 2 is 2.02 bits per heavy atom. The molecule has 14 nitrogen and oxygen atoms in total. The number of likely N-dealkylation sites (tertiary alicyclic amines) is 1. The zero-order valence-corrected chi connectivity index (χ0v) is 27.8. The van der Waals surface area contributed by atoms with Crippen molar-refractivity contribution in [3.63, 3.8) is 0 Å². The number of halogens is 5. The maximum atomic E-state index is 16.6. The number of amides is 2. The molecule has 268 valence electrons. The van der Waals surface area contributed by atoms with Crippen molar-refractivity contribution in [2.24, 2.45) is 0 Å². The predicted octanol–water partition coefficient (Wildman–Crippen LogP) is 3.98. The molecule has 0 bridgehead atoms. The molecule has 0 aliphatic carbocycles. The van der Waals surface area contributed by atoms with Crippen LogP contribution in [0.1, 0.15) is 64.7 Å². The minimum atomic E-state index is -4.65. The third-order valence-electron chi connectivity index (χ3n) is 9.24. The van der Waals surface area contributed by atoms with Crippen molar-refractivity contribution < 1.29 is 41.7 Å². The average molecular weight is 733 g/mol. The molecule has 3 aliphatic heterocycles. The van der Waals surface area contributed by atoms with E-state index < -0.39 is 65.8 Å². The van der Waals surface area contributed by atoms with E-state index in [1.54, 1.807) is 13.0 Å². The number of hydrogen-bond acceptors (Lipinski definition) is 10. The lowest BCUT2D eigenvalue weighted by molar-refractivity contribution is -0.143. The monoisotopic (exact) mass is 732 g/mol. The van der Waals surface area contributed by atoms with Crippen molar-refractivity contribution in [3.05, 3.63) is 80.0 Å². The molecular weight excluding hydrogens is 704 g/mol. The van der Waals surface area contributed by atoms with Crippen molar-refractivity contribution in [3.8, 4) is 5.75 Å². The Hall–Kier alpha value is -4.94. The van der Waals surface area contributed by atoms with Crippen molar-refractivity contribution in [1.29, 1.82) is 0 Å². The van der Waals surface area contributed by atoms with Gasteiger partial charge in [0.25, 0.3) is 11.5 Å². The van der Waals surface area contributed by atoms with E-state index in [2.05, 4.69) is 25.4 Å². The molecule has 3 aliphatic rings. The fourth-order valence-corrected chi connectivity index (χ4v) is 6.96. The van der Waals surface area contributed by atoms with Crippen LogP contribution in [-0.4, -0.2) is 83.4 Å². The van der Waals surface area contributed by atoms with Gasteiger partial charge in [-0.3, -0.25) is 14.4 Å². The first-order valence-corrected chi connectivity index (χ1v) is 16.2. The van der Waals surface area contributed by atoms with Crippen LogP contribution in [0.5, 0.6) is 5.75 Å². The number of hydrogen-bond donors (Lipinski definition) is 2. The lowest BCUT2D eigenvalue weighted by Gasteiger charge is -2.41. The van der Waals surface area contributed by atoms with E-state index in [1.165, 1.54) is 11.5 Å². The second-order valence-electron chi connectivity index (χ2n) is 12.4. The Morgan fingerprint density at radius 1 is 1.24 bits per heavy atom. The fourth-order valence-electron chi connectivity index (χ4n) is 6.73. The van der Waals surface area contributed by atoms with Crippen LogP contribution >= 0.6 is 11.6 Å². The Balaban J connectivity index is 1.28. The number of benzene rings is 1. The molecule has 2 amide bonds. The minimum Gasteiger partial charge on any atom is -0.504 e. The van der Waals surface area contributed by atoms with E-state index in [1.807, 2.05) is 0 Å². The molecule has 6 heterocycles. The number of nitrogens with one attached hydrogen (secondary N) is 1. The van der Waals surface area contributed by atoms with Crippen LogP contribution in [0.4, 0.5) is 23.2 Å². The highest BCUT2D eigenvalue weighted by Crippen LogP contribution is 2.49. The number of fused-ring (bicyclic) bond motifs is 3. The molecule has 3 aromatic heterocycles. The van der Waals surface area contributed by atoms with E-state index in [-0.39, 0.29) is 57.9 Å². The normalized spacial score (nSPS) is 21.9. The Labute approximate surface area is 290 Å². The summed E-state index contributed by atoms with van der Waals surface area (Å²) in [6.45, 7) is 2.59. The van der Waals surface area contributed by atoms with Crippen molar-refractivity contribution in [1.82, 2.24) is 34.0 Å². The van der Waals surface area contributed by atoms with Gasteiger partial charge in [0, 0.05) is 13.0 Å². The highest BCUT2D eigenvalue weighted by Gasteiger charge is 2.56. The number of nitrogens with zero attached hydrogens (tertiary/aromatic N) is 7. The number of aromatic hydroxyl groups is 1. The van der Waals surface area contributed by atoms with Gasteiger partial charge in [0.05, 0.1) is 59.1 Å². The summed E-state index contributed by atoms with van der Waals surface area (Å²) in [7, 11) is 0. The molecule has 1 spiro atoms.